The van der Waals surface area contributed by atoms with Crippen LogP contribution in [0, 0.1) is 0 Å². The minimum Gasteiger partial charge on any atom is -0.383 e. The molecule has 1 aliphatic rings. The van der Waals surface area contributed by atoms with Crippen molar-refractivity contribution in [3.63, 3.8) is 0 Å². The quantitative estimate of drug-likeness (QED) is 0.928. The van der Waals surface area contributed by atoms with E-state index in [9.17, 15) is 0 Å². The number of halogens is 1. The highest BCUT2D eigenvalue weighted by molar-refractivity contribution is 9.10. The van der Waals surface area contributed by atoms with Crippen molar-refractivity contribution in [2.45, 2.75) is 25.9 Å². The second-order valence-corrected chi connectivity index (χ2v) is 5.85. The van der Waals surface area contributed by atoms with Crippen LogP contribution in [0.2, 0.25) is 0 Å². The average Bonchev–Trinajstić information content (AvgIpc) is 2.36. The van der Waals surface area contributed by atoms with Crippen LogP contribution < -0.4 is 5.73 Å². The number of nitrogens with zero attached hydrogens (tertiary/aromatic N) is 2. The van der Waals surface area contributed by atoms with Crippen molar-refractivity contribution in [2.75, 3.05) is 23.8 Å². The van der Waals surface area contributed by atoms with Gasteiger partial charge in [0.1, 0.15) is 11.9 Å². The fourth-order valence-corrected chi connectivity index (χ4v) is 2.93. The summed E-state index contributed by atoms with van der Waals surface area (Å²) in [5.41, 5.74) is 6.88. The highest BCUT2D eigenvalue weighted by atomic mass is 79.9. The van der Waals surface area contributed by atoms with Crippen LogP contribution in [0.25, 0.3) is 0 Å². The van der Waals surface area contributed by atoms with Gasteiger partial charge in [0, 0.05) is 11.5 Å². The van der Waals surface area contributed by atoms with E-state index in [2.05, 4.69) is 32.8 Å². The lowest BCUT2D eigenvalue weighted by molar-refractivity contribution is 0.0693. The van der Waals surface area contributed by atoms with E-state index < -0.39 is 0 Å². The molecule has 0 saturated carbocycles. The Morgan fingerprint density at radius 3 is 3.00 bits per heavy atom. The third-order valence-electron chi connectivity index (χ3n) is 2.55. The number of anilines is 1. The maximum absolute atomic E-state index is 5.90. The van der Waals surface area contributed by atoms with Crippen molar-refractivity contribution in [2.24, 2.45) is 0 Å². The molecule has 1 aliphatic heterocycles. The Hall–Kier alpha value is -0.330. The smallest absolute Gasteiger partial charge is 0.160 e. The molecule has 2 heterocycles. The third kappa shape index (κ3) is 3.11. The molecule has 1 saturated heterocycles. The Labute approximate surface area is 114 Å². The molecule has 2 rings (SSSR count). The lowest BCUT2D eigenvalue weighted by atomic mass is 10.2. The van der Waals surface area contributed by atoms with Gasteiger partial charge in [0.15, 0.2) is 5.82 Å². The molecule has 0 amide bonds. The molecule has 1 aromatic rings. The van der Waals surface area contributed by atoms with E-state index in [1.54, 1.807) is 0 Å². The van der Waals surface area contributed by atoms with Crippen molar-refractivity contribution in [1.82, 2.24) is 9.97 Å². The van der Waals surface area contributed by atoms with Gasteiger partial charge in [0.2, 0.25) is 0 Å². The van der Waals surface area contributed by atoms with Crippen LogP contribution in [-0.2, 0) is 11.2 Å². The van der Waals surface area contributed by atoms with E-state index in [-0.39, 0.29) is 6.10 Å². The molecule has 94 valence electrons. The summed E-state index contributed by atoms with van der Waals surface area (Å²) in [5.74, 6) is 3.19. The second kappa shape index (κ2) is 6.02. The van der Waals surface area contributed by atoms with E-state index in [1.165, 1.54) is 0 Å². The Morgan fingerprint density at radius 1 is 1.53 bits per heavy atom. The first kappa shape index (κ1) is 13.1. The zero-order valence-corrected chi connectivity index (χ0v) is 12.2. The molecule has 4 nitrogen and oxygen atoms in total. The number of ether oxygens (including phenoxy) is 1. The standard InChI is InChI=1S/C11H16BrN3OS/c1-2-3-7-9(12)10(13)15-11(14-7)8-6-17-5-4-16-8/h8H,2-6H2,1H3,(H2,13,14,15). The molecule has 2 N–H and O–H groups in total. The first-order chi connectivity index (χ1) is 8.22. The normalized spacial score (nSPS) is 20.5. The molecule has 0 spiro atoms. The first-order valence-electron chi connectivity index (χ1n) is 5.73. The van der Waals surface area contributed by atoms with Crippen molar-refractivity contribution < 1.29 is 4.74 Å². The number of nitrogens with two attached hydrogens (primary N) is 1. The predicted molar refractivity (Wildman–Crippen MR) is 74.2 cm³/mol. The summed E-state index contributed by atoms with van der Waals surface area (Å²) in [6.45, 7) is 2.88. The monoisotopic (exact) mass is 317 g/mol. The Morgan fingerprint density at radius 2 is 2.35 bits per heavy atom. The lowest BCUT2D eigenvalue weighted by Gasteiger charge is -2.21. The number of thioether (sulfide) groups is 1. The van der Waals surface area contributed by atoms with E-state index in [0.29, 0.717) is 5.82 Å². The van der Waals surface area contributed by atoms with E-state index in [4.69, 9.17) is 10.5 Å². The summed E-state index contributed by atoms with van der Waals surface area (Å²) in [7, 11) is 0. The van der Waals surface area contributed by atoms with Crippen molar-refractivity contribution in [1.29, 1.82) is 0 Å². The van der Waals surface area contributed by atoms with E-state index >= 15 is 0 Å². The van der Waals surface area contributed by atoms with Gasteiger partial charge in [-0.3, -0.25) is 0 Å². The van der Waals surface area contributed by atoms with E-state index in [1.807, 2.05) is 11.8 Å². The van der Waals surface area contributed by atoms with Crippen molar-refractivity contribution in [3.8, 4) is 0 Å². The number of aromatic nitrogens is 2. The van der Waals surface area contributed by atoms with Gasteiger partial charge in [0.05, 0.1) is 16.8 Å². The molecule has 0 radical (unpaired) electrons. The number of aryl methyl sites for hydroxylation is 1. The predicted octanol–water partition coefficient (Wildman–Crippen LogP) is 2.58. The maximum atomic E-state index is 5.90. The van der Waals surface area contributed by atoms with Gasteiger partial charge in [-0.15, -0.1) is 0 Å². The SMILES string of the molecule is CCCc1nc(C2CSCCO2)nc(N)c1Br. The molecule has 0 bridgehead atoms. The third-order valence-corrected chi connectivity index (χ3v) is 4.41. The fourth-order valence-electron chi connectivity index (χ4n) is 1.72. The minimum absolute atomic E-state index is 0.0141. The first-order valence-corrected chi connectivity index (χ1v) is 7.68. The highest BCUT2D eigenvalue weighted by Crippen LogP contribution is 2.28. The zero-order chi connectivity index (χ0) is 12.3. The van der Waals surface area contributed by atoms with Crippen LogP contribution in [0.15, 0.2) is 4.47 Å². The molecule has 1 unspecified atom stereocenters. The zero-order valence-electron chi connectivity index (χ0n) is 9.78. The van der Waals surface area contributed by atoms with Crippen LogP contribution in [0.5, 0.6) is 0 Å². The maximum Gasteiger partial charge on any atom is 0.160 e. The van der Waals surface area contributed by atoms with Crippen LogP contribution >= 0.6 is 27.7 Å². The fraction of sp³-hybridized carbons (Fsp3) is 0.636. The van der Waals surface area contributed by atoms with Gasteiger partial charge in [-0.25, -0.2) is 9.97 Å². The summed E-state index contributed by atoms with van der Waals surface area (Å²) in [4.78, 5) is 8.89. The molecule has 0 aromatic carbocycles. The van der Waals surface area contributed by atoms with E-state index in [0.717, 1.165) is 46.9 Å². The summed E-state index contributed by atoms with van der Waals surface area (Å²) in [5, 5.41) is 0. The van der Waals surface area contributed by atoms with Gasteiger partial charge in [-0.2, -0.15) is 11.8 Å². The van der Waals surface area contributed by atoms with Gasteiger partial charge in [-0.1, -0.05) is 13.3 Å². The lowest BCUT2D eigenvalue weighted by Crippen LogP contribution is -2.19. The number of hydrogen-bond acceptors (Lipinski definition) is 5. The van der Waals surface area contributed by atoms with Crippen LogP contribution in [0.3, 0.4) is 0 Å². The Bertz CT molecular complexity index is 397. The van der Waals surface area contributed by atoms with Crippen LogP contribution in [0.1, 0.15) is 31.0 Å². The molecule has 1 fully saturated rings. The summed E-state index contributed by atoms with van der Waals surface area (Å²) >= 11 is 5.31. The van der Waals surface area contributed by atoms with Crippen LogP contribution in [0.4, 0.5) is 5.82 Å². The molecule has 1 atom stereocenters. The van der Waals surface area contributed by atoms with Crippen molar-refractivity contribution >= 4 is 33.5 Å². The Kier molecular flexibility index (Phi) is 4.64. The molecular formula is C11H16BrN3OS. The summed E-state index contributed by atoms with van der Waals surface area (Å²) in [6, 6.07) is 0. The summed E-state index contributed by atoms with van der Waals surface area (Å²) < 4.78 is 6.50. The van der Waals surface area contributed by atoms with Crippen molar-refractivity contribution in [3.05, 3.63) is 16.0 Å². The van der Waals surface area contributed by atoms with Gasteiger partial charge >= 0.3 is 0 Å². The molecular weight excluding hydrogens is 302 g/mol. The molecule has 1 aromatic heterocycles. The van der Waals surface area contributed by atoms with Gasteiger partial charge in [-0.05, 0) is 22.4 Å². The Balaban J connectivity index is 2.27. The van der Waals surface area contributed by atoms with Gasteiger partial charge in [0.25, 0.3) is 0 Å². The van der Waals surface area contributed by atoms with Gasteiger partial charge < -0.3 is 10.5 Å². The average molecular weight is 318 g/mol. The molecule has 0 aliphatic carbocycles. The second-order valence-electron chi connectivity index (χ2n) is 3.91. The number of hydrogen-bond donors (Lipinski definition) is 1. The number of rotatable bonds is 3. The van der Waals surface area contributed by atoms with Crippen LogP contribution in [-0.4, -0.2) is 28.1 Å². The summed E-state index contributed by atoms with van der Waals surface area (Å²) in [6.07, 6.45) is 1.93. The largest absolute Gasteiger partial charge is 0.383 e. The number of nitrogen functional groups attached to an aromatic ring is 1. The molecule has 6 heteroatoms. The molecule has 17 heavy (non-hydrogen) atoms. The minimum atomic E-state index is -0.0141. The topological polar surface area (TPSA) is 61.0 Å². The highest BCUT2D eigenvalue weighted by Gasteiger charge is 2.21.